The molecule has 76 valence electrons. The minimum absolute atomic E-state index is 0.875. The number of benzene rings is 1. The molecule has 1 aromatic carbocycles. The van der Waals surface area contributed by atoms with E-state index in [1.54, 1.807) is 0 Å². The maximum Gasteiger partial charge on any atom is 0.0389 e. The number of nitrogen functional groups attached to an aromatic ring is 1. The van der Waals surface area contributed by atoms with Crippen molar-refractivity contribution in [3.8, 4) is 0 Å². The summed E-state index contributed by atoms with van der Waals surface area (Å²) in [6, 6.07) is 6.29. The van der Waals surface area contributed by atoms with Crippen molar-refractivity contribution >= 4 is 11.4 Å². The fourth-order valence-electron chi connectivity index (χ4n) is 2.01. The van der Waals surface area contributed by atoms with E-state index in [0.29, 0.717) is 0 Å². The van der Waals surface area contributed by atoms with E-state index >= 15 is 0 Å². The summed E-state index contributed by atoms with van der Waals surface area (Å²) in [5, 5.41) is 0. The summed E-state index contributed by atoms with van der Waals surface area (Å²) in [6.07, 6.45) is 1.29. The second kappa shape index (κ2) is 3.52. The van der Waals surface area contributed by atoms with Gasteiger partial charge in [0.15, 0.2) is 0 Å². The number of aryl methyl sites for hydroxylation is 1. The minimum Gasteiger partial charge on any atom is -0.399 e. The Morgan fingerprint density at radius 3 is 2.64 bits per heavy atom. The third-order valence-electron chi connectivity index (χ3n) is 2.98. The Kier molecular flexibility index (Phi) is 2.36. The molecule has 0 unspecified atom stereocenters. The minimum atomic E-state index is 0.875. The summed E-state index contributed by atoms with van der Waals surface area (Å²) in [5.41, 5.74) is 9.23. The van der Waals surface area contributed by atoms with Gasteiger partial charge in [-0.2, -0.15) is 0 Å². The molecule has 2 nitrogen and oxygen atoms in total. The number of nitrogens with two attached hydrogens (primary N) is 1. The Morgan fingerprint density at radius 2 is 2.07 bits per heavy atom. The highest BCUT2D eigenvalue weighted by Crippen LogP contribution is 2.28. The molecule has 2 heteroatoms. The fraction of sp³-hybridized carbons (Fsp3) is 0.500. The zero-order valence-corrected chi connectivity index (χ0v) is 8.96. The molecule has 0 radical (unpaired) electrons. The predicted molar refractivity (Wildman–Crippen MR) is 61.6 cm³/mol. The molecule has 0 aliphatic carbocycles. The number of nitrogens with zero attached hydrogens (tertiary/aromatic N) is 1. The van der Waals surface area contributed by atoms with Crippen LogP contribution in [0.15, 0.2) is 18.2 Å². The zero-order valence-electron chi connectivity index (χ0n) is 8.96. The van der Waals surface area contributed by atoms with Gasteiger partial charge in [-0.3, -0.25) is 0 Å². The van der Waals surface area contributed by atoms with Gasteiger partial charge < -0.3 is 10.6 Å². The molecule has 1 aliphatic rings. The molecule has 2 rings (SSSR count). The molecule has 0 amide bonds. The van der Waals surface area contributed by atoms with E-state index in [4.69, 9.17) is 5.73 Å². The van der Waals surface area contributed by atoms with Gasteiger partial charge in [0, 0.05) is 24.5 Å². The first-order valence-electron chi connectivity index (χ1n) is 5.31. The van der Waals surface area contributed by atoms with Gasteiger partial charge in [-0.05, 0) is 43.0 Å². The first-order valence-corrected chi connectivity index (χ1v) is 5.31. The van der Waals surface area contributed by atoms with E-state index in [2.05, 4.69) is 30.9 Å². The number of anilines is 2. The van der Waals surface area contributed by atoms with E-state index < -0.39 is 0 Å². The summed E-state index contributed by atoms with van der Waals surface area (Å²) in [5.74, 6) is 0.886. The van der Waals surface area contributed by atoms with Crippen molar-refractivity contribution in [3.05, 3.63) is 23.8 Å². The van der Waals surface area contributed by atoms with Crippen LogP contribution in [0.4, 0.5) is 11.4 Å². The van der Waals surface area contributed by atoms with Gasteiger partial charge in [-0.1, -0.05) is 6.92 Å². The Labute approximate surface area is 85.7 Å². The van der Waals surface area contributed by atoms with Crippen molar-refractivity contribution < 1.29 is 0 Å². The van der Waals surface area contributed by atoms with Gasteiger partial charge in [0.1, 0.15) is 0 Å². The fourth-order valence-corrected chi connectivity index (χ4v) is 2.01. The van der Waals surface area contributed by atoms with Crippen LogP contribution in [0, 0.1) is 12.8 Å². The quantitative estimate of drug-likeness (QED) is 0.726. The Morgan fingerprint density at radius 1 is 1.36 bits per heavy atom. The molecule has 0 spiro atoms. The lowest BCUT2D eigenvalue weighted by molar-refractivity contribution is 0.399. The van der Waals surface area contributed by atoms with Crippen LogP contribution in [-0.4, -0.2) is 13.1 Å². The molecule has 2 N–H and O–H groups in total. The largest absolute Gasteiger partial charge is 0.399 e. The SMILES string of the molecule is CCC1CN(c2cc(C)cc(N)c2)C1. The van der Waals surface area contributed by atoms with Gasteiger partial charge in [0.25, 0.3) is 0 Å². The summed E-state index contributed by atoms with van der Waals surface area (Å²) >= 11 is 0. The average molecular weight is 190 g/mol. The van der Waals surface area contributed by atoms with Crippen LogP contribution < -0.4 is 10.6 Å². The molecular formula is C12H18N2. The number of hydrogen-bond acceptors (Lipinski definition) is 2. The maximum atomic E-state index is 5.82. The summed E-state index contributed by atoms with van der Waals surface area (Å²) in [7, 11) is 0. The number of hydrogen-bond donors (Lipinski definition) is 1. The summed E-state index contributed by atoms with van der Waals surface area (Å²) < 4.78 is 0. The molecule has 0 atom stereocenters. The third kappa shape index (κ3) is 1.69. The monoisotopic (exact) mass is 190 g/mol. The molecular weight excluding hydrogens is 172 g/mol. The summed E-state index contributed by atoms with van der Waals surface area (Å²) in [4.78, 5) is 2.40. The van der Waals surface area contributed by atoms with E-state index in [9.17, 15) is 0 Å². The van der Waals surface area contributed by atoms with E-state index in [1.807, 2.05) is 6.07 Å². The van der Waals surface area contributed by atoms with Crippen LogP contribution in [0.5, 0.6) is 0 Å². The van der Waals surface area contributed by atoms with Crippen LogP contribution in [0.1, 0.15) is 18.9 Å². The molecule has 0 aromatic heterocycles. The molecule has 1 saturated heterocycles. The van der Waals surface area contributed by atoms with Gasteiger partial charge in [-0.25, -0.2) is 0 Å². The highest BCUT2D eigenvalue weighted by molar-refractivity contribution is 5.59. The maximum absolute atomic E-state index is 5.82. The lowest BCUT2D eigenvalue weighted by Crippen LogP contribution is -2.46. The third-order valence-corrected chi connectivity index (χ3v) is 2.98. The molecule has 14 heavy (non-hydrogen) atoms. The molecule has 0 bridgehead atoms. The van der Waals surface area contributed by atoms with Crippen molar-refractivity contribution in [1.82, 2.24) is 0 Å². The van der Waals surface area contributed by atoms with Crippen molar-refractivity contribution in [2.75, 3.05) is 23.7 Å². The van der Waals surface area contributed by atoms with Crippen LogP contribution in [0.3, 0.4) is 0 Å². The van der Waals surface area contributed by atoms with Gasteiger partial charge >= 0.3 is 0 Å². The van der Waals surface area contributed by atoms with Crippen molar-refractivity contribution in [2.45, 2.75) is 20.3 Å². The lowest BCUT2D eigenvalue weighted by Gasteiger charge is -2.41. The zero-order chi connectivity index (χ0) is 10.1. The van der Waals surface area contributed by atoms with Crippen molar-refractivity contribution in [2.24, 2.45) is 5.92 Å². The molecule has 1 aliphatic heterocycles. The average Bonchev–Trinajstić information content (AvgIpc) is 2.00. The Balaban J connectivity index is 2.10. The number of rotatable bonds is 2. The first kappa shape index (κ1) is 9.38. The van der Waals surface area contributed by atoms with E-state index in [-0.39, 0.29) is 0 Å². The lowest BCUT2D eigenvalue weighted by atomic mass is 9.96. The standard InChI is InChI=1S/C12H18N2/c1-3-10-7-14(8-10)12-5-9(2)4-11(13)6-12/h4-6,10H,3,7-8,13H2,1-2H3. The summed E-state index contributed by atoms with van der Waals surface area (Å²) in [6.45, 7) is 6.74. The topological polar surface area (TPSA) is 29.3 Å². The van der Waals surface area contributed by atoms with Gasteiger partial charge in [-0.15, -0.1) is 0 Å². The smallest absolute Gasteiger partial charge is 0.0389 e. The van der Waals surface area contributed by atoms with Crippen LogP contribution in [0.2, 0.25) is 0 Å². The van der Waals surface area contributed by atoms with Gasteiger partial charge in [0.2, 0.25) is 0 Å². The van der Waals surface area contributed by atoms with E-state index in [1.165, 1.54) is 30.8 Å². The second-order valence-electron chi connectivity index (χ2n) is 4.28. The van der Waals surface area contributed by atoms with Crippen molar-refractivity contribution in [1.29, 1.82) is 0 Å². The van der Waals surface area contributed by atoms with E-state index in [0.717, 1.165) is 11.6 Å². The highest BCUT2D eigenvalue weighted by atomic mass is 15.2. The highest BCUT2D eigenvalue weighted by Gasteiger charge is 2.25. The Hall–Kier alpha value is -1.18. The molecule has 1 aromatic rings. The van der Waals surface area contributed by atoms with Crippen LogP contribution >= 0.6 is 0 Å². The predicted octanol–water partition coefficient (Wildman–Crippen LogP) is 2.42. The van der Waals surface area contributed by atoms with Crippen LogP contribution in [0.25, 0.3) is 0 Å². The molecule has 1 fully saturated rings. The van der Waals surface area contributed by atoms with Gasteiger partial charge in [0.05, 0.1) is 0 Å². The normalized spacial score (nSPS) is 16.9. The molecule has 0 saturated carbocycles. The van der Waals surface area contributed by atoms with Crippen molar-refractivity contribution in [3.63, 3.8) is 0 Å². The first-order chi connectivity index (χ1) is 6.69. The molecule has 1 heterocycles. The second-order valence-corrected chi connectivity index (χ2v) is 4.28. The van der Waals surface area contributed by atoms with Crippen LogP contribution in [-0.2, 0) is 0 Å². The Bertz CT molecular complexity index is 307.